The van der Waals surface area contributed by atoms with Crippen molar-refractivity contribution in [2.75, 3.05) is 13.1 Å². The monoisotopic (exact) mass is 525 g/mol. The highest BCUT2D eigenvalue weighted by Crippen LogP contribution is 2.37. The Morgan fingerprint density at radius 1 is 0.973 bits per heavy atom. The number of nitrogens with one attached hydrogen (secondary N) is 1. The van der Waals surface area contributed by atoms with Crippen molar-refractivity contribution in [3.8, 4) is 5.69 Å². The predicted molar refractivity (Wildman–Crippen MR) is 135 cm³/mol. The van der Waals surface area contributed by atoms with Gasteiger partial charge in [0.15, 0.2) is 4.77 Å². The Bertz CT molecular complexity index is 1600. The molecule has 1 saturated heterocycles. The summed E-state index contributed by atoms with van der Waals surface area (Å²) < 4.78 is 40.9. The van der Waals surface area contributed by atoms with Gasteiger partial charge in [-0.25, -0.2) is 0 Å². The van der Waals surface area contributed by atoms with Gasteiger partial charge in [-0.05, 0) is 79.2 Å². The van der Waals surface area contributed by atoms with Crippen LogP contribution in [0.4, 0.5) is 13.2 Å². The minimum absolute atomic E-state index is 0.111. The van der Waals surface area contributed by atoms with Crippen LogP contribution in [0.1, 0.15) is 34.3 Å². The number of benzene rings is 3. The fraction of sp³-hybridized carbons (Fsp3) is 0.222. The van der Waals surface area contributed by atoms with Crippen molar-refractivity contribution < 1.29 is 23.1 Å². The number of amides is 1. The van der Waals surface area contributed by atoms with Crippen LogP contribution in [0.5, 0.6) is 0 Å². The van der Waals surface area contributed by atoms with E-state index < -0.39 is 17.3 Å². The van der Waals surface area contributed by atoms with Crippen molar-refractivity contribution in [2.45, 2.75) is 24.6 Å². The Kier molecular flexibility index (Phi) is 6.25. The van der Waals surface area contributed by atoms with Crippen molar-refractivity contribution in [2.24, 2.45) is 0 Å². The summed E-state index contributed by atoms with van der Waals surface area (Å²) in [6.45, 7) is 0.367. The molecule has 3 aromatic carbocycles. The number of carbonyl (C=O) groups excluding carboxylic acids is 1. The highest BCUT2D eigenvalue weighted by molar-refractivity contribution is 7.71. The molecule has 37 heavy (non-hydrogen) atoms. The lowest BCUT2D eigenvalue weighted by Gasteiger charge is -2.38. The summed E-state index contributed by atoms with van der Waals surface area (Å²) in [4.78, 5) is 30.7. The number of aliphatic hydroxyl groups is 1. The van der Waals surface area contributed by atoms with E-state index in [1.165, 1.54) is 16.7 Å². The second-order valence-corrected chi connectivity index (χ2v) is 9.45. The molecule has 1 aromatic heterocycles. The van der Waals surface area contributed by atoms with E-state index in [1.54, 1.807) is 53.4 Å². The number of hydrogen-bond donors (Lipinski definition) is 2. The number of rotatable bonds is 3. The molecule has 0 aliphatic carbocycles. The van der Waals surface area contributed by atoms with Crippen LogP contribution >= 0.6 is 12.2 Å². The molecular weight excluding hydrogens is 503 g/mol. The third-order valence-electron chi connectivity index (χ3n) is 6.78. The number of aromatic amines is 1. The third kappa shape index (κ3) is 4.70. The Labute approximate surface area is 214 Å². The third-order valence-corrected chi connectivity index (χ3v) is 7.07. The number of hydrogen-bond acceptors (Lipinski definition) is 4. The largest absolute Gasteiger partial charge is 0.416 e. The van der Waals surface area contributed by atoms with Crippen LogP contribution in [0.25, 0.3) is 16.6 Å². The van der Waals surface area contributed by atoms with Crippen molar-refractivity contribution in [1.82, 2.24) is 14.5 Å². The average molecular weight is 526 g/mol. The Morgan fingerprint density at radius 2 is 1.65 bits per heavy atom. The summed E-state index contributed by atoms with van der Waals surface area (Å²) >= 11 is 5.37. The van der Waals surface area contributed by atoms with Gasteiger partial charge in [0.05, 0.1) is 27.8 Å². The maximum absolute atomic E-state index is 13.1. The van der Waals surface area contributed by atoms with E-state index in [0.29, 0.717) is 22.2 Å². The van der Waals surface area contributed by atoms with Gasteiger partial charge < -0.3 is 15.0 Å². The number of carbonyl (C=O) groups is 1. The topological polar surface area (TPSA) is 78.3 Å². The van der Waals surface area contributed by atoms with Crippen LogP contribution < -0.4 is 5.56 Å². The molecule has 10 heteroatoms. The number of halogens is 3. The number of piperidine rings is 1. The van der Waals surface area contributed by atoms with E-state index >= 15 is 0 Å². The Morgan fingerprint density at radius 3 is 2.32 bits per heavy atom. The maximum Gasteiger partial charge on any atom is 0.416 e. The molecule has 0 unspecified atom stereocenters. The molecule has 190 valence electrons. The van der Waals surface area contributed by atoms with Gasteiger partial charge in [-0.1, -0.05) is 24.3 Å². The van der Waals surface area contributed by atoms with E-state index in [-0.39, 0.29) is 47.7 Å². The lowest BCUT2D eigenvalue weighted by molar-refractivity contribution is -0.137. The molecule has 0 radical (unpaired) electrons. The van der Waals surface area contributed by atoms with Gasteiger partial charge in [-0.2, -0.15) is 13.2 Å². The summed E-state index contributed by atoms with van der Waals surface area (Å²) in [5.74, 6) is -0.270. The van der Waals surface area contributed by atoms with Crippen LogP contribution in [-0.4, -0.2) is 38.6 Å². The van der Waals surface area contributed by atoms with E-state index in [0.717, 1.165) is 12.1 Å². The molecule has 6 nitrogen and oxygen atoms in total. The number of nitrogens with zero attached hydrogens (tertiary/aromatic N) is 2. The smallest absolute Gasteiger partial charge is 0.385 e. The highest BCUT2D eigenvalue weighted by Gasteiger charge is 2.38. The quantitative estimate of drug-likeness (QED) is 0.361. The average Bonchev–Trinajstić information content (AvgIpc) is 2.89. The van der Waals surface area contributed by atoms with Gasteiger partial charge in [0.25, 0.3) is 11.5 Å². The molecule has 1 amide bonds. The minimum Gasteiger partial charge on any atom is -0.385 e. The predicted octanol–water partition coefficient (Wildman–Crippen LogP) is 5.19. The summed E-state index contributed by atoms with van der Waals surface area (Å²) in [5, 5.41) is 11.5. The van der Waals surface area contributed by atoms with Gasteiger partial charge in [-0.15, -0.1) is 0 Å². The van der Waals surface area contributed by atoms with Crippen LogP contribution in [0, 0.1) is 4.77 Å². The first-order valence-corrected chi connectivity index (χ1v) is 12.0. The Hall–Kier alpha value is -3.76. The molecule has 0 bridgehead atoms. The van der Waals surface area contributed by atoms with E-state index in [4.69, 9.17) is 12.2 Å². The second kappa shape index (κ2) is 9.28. The zero-order chi connectivity index (χ0) is 26.4. The van der Waals surface area contributed by atoms with Crippen LogP contribution in [0.2, 0.25) is 0 Å². The standard InChI is InChI=1S/C27H22F3N3O3S/c28-27(29,30)19-5-3-4-18(16-19)26(36)12-14-32(15-13-26)23(34)17-8-10-20(11-9-17)33-24(35)21-6-1-2-7-22(21)31-25(33)37/h1-11,16,36H,12-15H2,(H,31,37). The number of H-pyrrole nitrogens is 1. The summed E-state index contributed by atoms with van der Waals surface area (Å²) in [7, 11) is 0. The van der Waals surface area contributed by atoms with Crippen molar-refractivity contribution in [3.05, 3.63) is 105 Å². The lowest BCUT2D eigenvalue weighted by atomic mass is 9.83. The van der Waals surface area contributed by atoms with Crippen molar-refractivity contribution in [3.63, 3.8) is 0 Å². The molecule has 2 N–H and O–H groups in total. The van der Waals surface area contributed by atoms with Crippen molar-refractivity contribution in [1.29, 1.82) is 0 Å². The van der Waals surface area contributed by atoms with Gasteiger partial charge in [0.2, 0.25) is 0 Å². The van der Waals surface area contributed by atoms with Crippen LogP contribution in [0.15, 0.2) is 77.6 Å². The second-order valence-electron chi connectivity index (χ2n) is 9.07. The first-order valence-electron chi connectivity index (χ1n) is 11.6. The molecule has 5 rings (SSSR count). The highest BCUT2D eigenvalue weighted by atomic mass is 32.1. The maximum atomic E-state index is 13.1. The SMILES string of the molecule is O=C(c1ccc(-n2c(=S)[nH]c3ccccc3c2=O)cc1)N1CCC(O)(c2cccc(C(F)(F)F)c2)CC1. The van der Waals surface area contributed by atoms with Crippen molar-refractivity contribution >= 4 is 29.0 Å². The summed E-state index contributed by atoms with van der Waals surface area (Å²) in [6.07, 6.45) is -4.28. The zero-order valence-corrected chi connectivity index (χ0v) is 20.3. The number of fused-ring (bicyclic) bond motifs is 1. The minimum atomic E-state index is -4.50. The Balaban J connectivity index is 1.33. The van der Waals surface area contributed by atoms with E-state index in [1.807, 2.05) is 0 Å². The number of para-hydroxylation sites is 1. The molecule has 1 aliphatic rings. The molecule has 4 aromatic rings. The van der Waals surface area contributed by atoms with Crippen LogP contribution in [0.3, 0.4) is 0 Å². The summed E-state index contributed by atoms with van der Waals surface area (Å²) in [5.41, 5.74) is -0.823. The number of likely N-dealkylation sites (tertiary alicyclic amines) is 1. The summed E-state index contributed by atoms with van der Waals surface area (Å²) in [6, 6.07) is 18.2. The first-order chi connectivity index (χ1) is 17.6. The number of alkyl halides is 3. The van der Waals surface area contributed by atoms with Gasteiger partial charge in [0, 0.05) is 18.7 Å². The van der Waals surface area contributed by atoms with E-state index in [9.17, 15) is 27.9 Å². The van der Waals surface area contributed by atoms with Gasteiger partial charge >= 0.3 is 6.18 Å². The van der Waals surface area contributed by atoms with Gasteiger partial charge in [0.1, 0.15) is 0 Å². The first kappa shape index (κ1) is 24.9. The molecule has 2 heterocycles. The molecule has 0 atom stereocenters. The molecule has 1 aliphatic heterocycles. The van der Waals surface area contributed by atoms with Gasteiger partial charge in [-0.3, -0.25) is 14.2 Å². The molecule has 0 saturated carbocycles. The molecular formula is C27H22F3N3O3S. The molecule has 0 spiro atoms. The fourth-order valence-corrected chi connectivity index (χ4v) is 4.98. The van der Waals surface area contributed by atoms with Crippen LogP contribution in [-0.2, 0) is 11.8 Å². The zero-order valence-electron chi connectivity index (χ0n) is 19.5. The normalized spacial score (nSPS) is 15.6. The lowest BCUT2D eigenvalue weighted by Crippen LogP contribution is -2.45. The van der Waals surface area contributed by atoms with E-state index in [2.05, 4.69) is 4.98 Å². The number of aromatic nitrogens is 2. The fourth-order valence-electron chi connectivity index (χ4n) is 4.69. The molecule has 1 fully saturated rings.